The molecule has 3 rings (SSSR count). The average molecular weight is 359 g/mol. The van der Waals surface area contributed by atoms with Crippen LogP contribution in [0.15, 0.2) is 42.5 Å². The van der Waals surface area contributed by atoms with Crippen molar-refractivity contribution in [3.8, 4) is 0 Å². The summed E-state index contributed by atoms with van der Waals surface area (Å²) in [6.07, 6.45) is 10.1. The number of benzene rings is 1. The second kappa shape index (κ2) is 9.86. The highest BCUT2D eigenvalue weighted by atomic mass is 16.6. The molecule has 2 aliphatic rings. The van der Waals surface area contributed by atoms with Gasteiger partial charge in [-0.15, -0.1) is 0 Å². The zero-order valence-corrected chi connectivity index (χ0v) is 15.2. The predicted molar refractivity (Wildman–Crippen MR) is 99.4 cm³/mol. The molecule has 2 fully saturated rings. The van der Waals surface area contributed by atoms with Gasteiger partial charge in [-0.25, -0.2) is 5.48 Å². The number of hydrogen-bond acceptors (Lipinski definition) is 4. The molecule has 2 saturated heterocycles. The van der Waals surface area contributed by atoms with Crippen molar-refractivity contribution in [1.82, 2.24) is 5.48 Å². The van der Waals surface area contributed by atoms with Gasteiger partial charge in [0.05, 0.1) is 18.8 Å². The van der Waals surface area contributed by atoms with E-state index in [2.05, 4.69) is 29.8 Å². The molecule has 2 aliphatic heterocycles. The zero-order valence-electron chi connectivity index (χ0n) is 15.2. The van der Waals surface area contributed by atoms with Crippen LogP contribution in [0, 0.1) is 11.8 Å². The number of carboxylic acid groups (broad SMARTS) is 1. The Bertz CT molecular complexity index is 589. The number of fused-ring (bicyclic) bond motifs is 2. The average Bonchev–Trinajstić information content (AvgIpc) is 3.24. The number of aliphatic carboxylic acids is 1. The number of hydrogen-bond donors (Lipinski definition) is 2. The molecule has 0 spiro atoms. The van der Waals surface area contributed by atoms with Gasteiger partial charge in [0.15, 0.2) is 0 Å². The van der Waals surface area contributed by atoms with Gasteiger partial charge >= 0.3 is 5.97 Å². The lowest BCUT2D eigenvalue weighted by molar-refractivity contribution is -0.137. The maximum atomic E-state index is 10.5. The summed E-state index contributed by atoms with van der Waals surface area (Å²) in [4.78, 5) is 16.2. The number of nitrogens with one attached hydrogen (secondary N) is 1. The van der Waals surface area contributed by atoms with Crippen molar-refractivity contribution in [2.24, 2.45) is 11.8 Å². The Hall–Kier alpha value is -1.69. The first kappa shape index (κ1) is 19.1. The van der Waals surface area contributed by atoms with Gasteiger partial charge < -0.3 is 9.84 Å². The molecule has 1 aromatic rings. The number of hydroxylamine groups is 1. The molecule has 0 radical (unpaired) electrons. The first-order valence-electron chi connectivity index (χ1n) is 9.65. The van der Waals surface area contributed by atoms with Crippen molar-refractivity contribution in [1.29, 1.82) is 0 Å². The van der Waals surface area contributed by atoms with Crippen LogP contribution < -0.4 is 5.48 Å². The maximum absolute atomic E-state index is 10.5. The molecule has 142 valence electrons. The van der Waals surface area contributed by atoms with Gasteiger partial charge in [0.1, 0.15) is 0 Å². The Kier molecular flexibility index (Phi) is 7.23. The number of allylic oxidation sites excluding steroid dienone is 2. The molecule has 26 heavy (non-hydrogen) atoms. The molecule has 2 heterocycles. The van der Waals surface area contributed by atoms with Crippen molar-refractivity contribution >= 4 is 5.97 Å². The monoisotopic (exact) mass is 359 g/mol. The summed E-state index contributed by atoms with van der Waals surface area (Å²) in [5.74, 6) is 0.284. The smallest absolute Gasteiger partial charge is 0.303 e. The lowest BCUT2D eigenvalue weighted by atomic mass is 9.77. The van der Waals surface area contributed by atoms with Crippen LogP contribution in [0.5, 0.6) is 0 Å². The molecule has 0 aliphatic carbocycles. The van der Waals surface area contributed by atoms with Crippen LogP contribution in [-0.2, 0) is 21.0 Å². The Morgan fingerprint density at radius 2 is 1.96 bits per heavy atom. The third kappa shape index (κ3) is 5.40. The molecular weight excluding hydrogens is 330 g/mol. The van der Waals surface area contributed by atoms with E-state index in [1.54, 1.807) is 0 Å². The molecule has 1 aromatic carbocycles. The van der Waals surface area contributed by atoms with Crippen LogP contribution >= 0.6 is 0 Å². The molecule has 2 N–H and O–H groups in total. The van der Waals surface area contributed by atoms with Crippen molar-refractivity contribution in [3.63, 3.8) is 0 Å². The van der Waals surface area contributed by atoms with Crippen LogP contribution in [0.25, 0.3) is 0 Å². The van der Waals surface area contributed by atoms with Crippen LogP contribution in [-0.4, -0.2) is 29.8 Å². The predicted octanol–water partition coefficient (Wildman–Crippen LogP) is 3.70. The second-order valence-electron chi connectivity index (χ2n) is 7.23. The van der Waals surface area contributed by atoms with Crippen molar-refractivity contribution in [2.45, 2.75) is 57.3 Å². The third-order valence-electron chi connectivity index (χ3n) is 5.43. The highest BCUT2D eigenvalue weighted by Crippen LogP contribution is 2.44. The quantitative estimate of drug-likeness (QED) is 0.358. The Morgan fingerprint density at radius 1 is 1.19 bits per heavy atom. The third-order valence-corrected chi connectivity index (χ3v) is 5.43. The van der Waals surface area contributed by atoms with Crippen LogP contribution in [0.2, 0.25) is 0 Å². The topological polar surface area (TPSA) is 67.8 Å². The highest BCUT2D eigenvalue weighted by Gasteiger charge is 2.47. The Morgan fingerprint density at radius 3 is 2.73 bits per heavy atom. The van der Waals surface area contributed by atoms with E-state index in [-0.39, 0.29) is 6.42 Å². The van der Waals surface area contributed by atoms with Crippen molar-refractivity contribution in [2.75, 3.05) is 6.54 Å². The lowest BCUT2D eigenvalue weighted by Crippen LogP contribution is -2.35. The normalized spacial score (nSPS) is 27.4. The first-order valence-corrected chi connectivity index (χ1v) is 9.65. The minimum Gasteiger partial charge on any atom is -0.481 e. The highest BCUT2D eigenvalue weighted by molar-refractivity contribution is 5.66. The van der Waals surface area contributed by atoms with E-state index >= 15 is 0 Å². The summed E-state index contributed by atoms with van der Waals surface area (Å²) in [7, 11) is 0. The standard InChI is InChI=1S/C21H29NO4/c23-21(24)11-7-2-1-6-10-17-18(20-13-12-19(17)26-20)14-22-25-15-16-8-4-3-5-9-16/h1,3-6,8-9,17-20,22H,2,7,10-15H2,(H,23,24)/b6-1-/t17-,18+,19-,20+/m1/s1. The molecule has 2 bridgehead atoms. The summed E-state index contributed by atoms with van der Waals surface area (Å²) >= 11 is 0. The number of rotatable bonds is 11. The summed E-state index contributed by atoms with van der Waals surface area (Å²) < 4.78 is 6.12. The van der Waals surface area contributed by atoms with Gasteiger partial charge in [-0.3, -0.25) is 9.63 Å². The molecule has 0 aromatic heterocycles. The first-order chi connectivity index (χ1) is 12.7. The van der Waals surface area contributed by atoms with Crippen molar-refractivity contribution < 1.29 is 19.5 Å². The summed E-state index contributed by atoms with van der Waals surface area (Å²) in [6, 6.07) is 10.1. The summed E-state index contributed by atoms with van der Waals surface area (Å²) in [6.45, 7) is 1.38. The van der Waals surface area contributed by atoms with Gasteiger partial charge in [0, 0.05) is 18.9 Å². The Labute approximate surface area is 155 Å². The molecule has 4 atom stereocenters. The van der Waals surface area contributed by atoms with Gasteiger partial charge in [0.25, 0.3) is 0 Å². The minimum absolute atomic E-state index is 0.243. The molecule has 0 unspecified atom stereocenters. The van der Waals surface area contributed by atoms with Crippen molar-refractivity contribution in [3.05, 3.63) is 48.0 Å². The van der Waals surface area contributed by atoms with Gasteiger partial charge in [-0.05, 0) is 43.6 Å². The number of unbranched alkanes of at least 4 members (excludes halogenated alkanes) is 1. The summed E-state index contributed by atoms with van der Waals surface area (Å²) in [5, 5.41) is 8.66. The molecular formula is C21H29NO4. The van der Waals surface area contributed by atoms with E-state index in [0.717, 1.165) is 37.8 Å². The minimum atomic E-state index is -0.721. The largest absolute Gasteiger partial charge is 0.481 e. The number of carbonyl (C=O) groups is 1. The molecule has 0 amide bonds. The fourth-order valence-corrected chi connectivity index (χ4v) is 4.09. The van der Waals surface area contributed by atoms with E-state index in [1.807, 2.05) is 18.2 Å². The van der Waals surface area contributed by atoms with E-state index < -0.39 is 5.97 Å². The summed E-state index contributed by atoms with van der Waals surface area (Å²) in [5.41, 5.74) is 4.30. The molecule has 5 nitrogen and oxygen atoms in total. The van der Waals surface area contributed by atoms with E-state index in [0.29, 0.717) is 37.1 Å². The lowest BCUT2D eigenvalue weighted by Gasteiger charge is -2.27. The van der Waals surface area contributed by atoms with Crippen LogP contribution in [0.3, 0.4) is 0 Å². The number of ether oxygens (including phenoxy) is 1. The number of carboxylic acids is 1. The van der Waals surface area contributed by atoms with E-state index in [9.17, 15) is 4.79 Å². The van der Waals surface area contributed by atoms with Gasteiger partial charge in [-0.2, -0.15) is 0 Å². The Balaban J connectivity index is 1.39. The van der Waals surface area contributed by atoms with E-state index in [1.165, 1.54) is 0 Å². The second-order valence-corrected chi connectivity index (χ2v) is 7.23. The van der Waals surface area contributed by atoms with Gasteiger partial charge in [-0.1, -0.05) is 42.5 Å². The fraction of sp³-hybridized carbons (Fsp3) is 0.571. The zero-order chi connectivity index (χ0) is 18.2. The van der Waals surface area contributed by atoms with Crippen LogP contribution in [0.4, 0.5) is 0 Å². The molecule has 0 saturated carbocycles. The van der Waals surface area contributed by atoms with Crippen LogP contribution in [0.1, 0.15) is 44.1 Å². The molecule has 5 heteroatoms. The maximum Gasteiger partial charge on any atom is 0.303 e. The van der Waals surface area contributed by atoms with Gasteiger partial charge in [0.2, 0.25) is 0 Å². The van der Waals surface area contributed by atoms with E-state index in [4.69, 9.17) is 14.7 Å². The fourth-order valence-electron chi connectivity index (χ4n) is 4.09. The SMILES string of the molecule is O=C(O)CCC/C=C\C[C@@H]1[C@H](CNOCc2ccccc2)[C@@H]2CC[C@H]1O2.